The van der Waals surface area contributed by atoms with Gasteiger partial charge >= 0.3 is 0 Å². The minimum Gasteiger partial charge on any atom is -0.350 e. The van der Waals surface area contributed by atoms with Gasteiger partial charge in [0, 0.05) is 12.0 Å². The lowest BCUT2D eigenvalue weighted by Gasteiger charge is -2.21. The average Bonchev–Trinajstić information content (AvgIpc) is 2.14. The van der Waals surface area contributed by atoms with E-state index in [1.807, 2.05) is 52.0 Å². The number of hydrogen-bond acceptors (Lipinski definition) is 2. The van der Waals surface area contributed by atoms with Crippen molar-refractivity contribution in [1.82, 2.24) is 5.32 Å². The first kappa shape index (κ1) is 13.7. The molecule has 0 spiro atoms. The van der Waals surface area contributed by atoms with Crippen molar-refractivity contribution >= 4 is 5.91 Å². The van der Waals surface area contributed by atoms with Gasteiger partial charge in [-0.05, 0) is 38.8 Å². The van der Waals surface area contributed by atoms with Crippen LogP contribution in [0.1, 0.15) is 44.4 Å². The van der Waals surface area contributed by atoms with Gasteiger partial charge in [-0.1, -0.05) is 24.3 Å². The molecule has 0 heterocycles. The molecule has 3 N–H and O–H groups in total. The van der Waals surface area contributed by atoms with Gasteiger partial charge in [0.2, 0.25) is 5.91 Å². The van der Waals surface area contributed by atoms with Crippen molar-refractivity contribution in [1.29, 1.82) is 0 Å². The summed E-state index contributed by atoms with van der Waals surface area (Å²) in [5.74, 6) is -0.00625. The van der Waals surface area contributed by atoms with E-state index in [1.165, 1.54) is 5.56 Å². The average molecular weight is 234 g/mol. The van der Waals surface area contributed by atoms with Gasteiger partial charge in [0.15, 0.2) is 0 Å². The lowest BCUT2D eigenvalue weighted by Crippen LogP contribution is -2.39. The van der Waals surface area contributed by atoms with Crippen LogP contribution in [-0.4, -0.2) is 11.4 Å². The maximum absolute atomic E-state index is 11.8. The molecule has 0 saturated heterocycles. The Morgan fingerprint density at radius 3 is 2.53 bits per heavy atom. The second-order valence-corrected chi connectivity index (χ2v) is 5.31. The molecular weight excluding hydrogens is 212 g/mol. The molecule has 17 heavy (non-hydrogen) atoms. The van der Waals surface area contributed by atoms with Crippen molar-refractivity contribution in [3.8, 4) is 0 Å². The zero-order valence-electron chi connectivity index (χ0n) is 11.1. The summed E-state index contributed by atoms with van der Waals surface area (Å²) in [6.07, 6.45) is 0.337. The quantitative estimate of drug-likeness (QED) is 0.840. The van der Waals surface area contributed by atoms with E-state index in [0.717, 1.165) is 5.56 Å². The Hall–Kier alpha value is -1.35. The zero-order valence-corrected chi connectivity index (χ0v) is 11.1. The minimum atomic E-state index is -0.463. The smallest absolute Gasteiger partial charge is 0.222 e. The van der Waals surface area contributed by atoms with Crippen molar-refractivity contribution in [3.63, 3.8) is 0 Å². The molecule has 0 aliphatic heterocycles. The fraction of sp³-hybridized carbons (Fsp3) is 0.500. The van der Waals surface area contributed by atoms with Gasteiger partial charge in [-0.2, -0.15) is 0 Å². The molecule has 3 heteroatoms. The van der Waals surface area contributed by atoms with Gasteiger partial charge in [0.1, 0.15) is 0 Å². The molecule has 0 aliphatic rings. The van der Waals surface area contributed by atoms with Crippen molar-refractivity contribution in [2.24, 2.45) is 5.73 Å². The summed E-state index contributed by atoms with van der Waals surface area (Å²) in [6.45, 7) is 7.74. The fourth-order valence-electron chi connectivity index (χ4n) is 1.86. The number of nitrogens with two attached hydrogens (primary N) is 1. The molecule has 0 aromatic heterocycles. The standard InChI is InChI=1S/C14H22N2O/c1-10-7-5-6-8-12(10)11(2)16-13(17)9-14(3,4)15/h5-8,11H,9,15H2,1-4H3,(H,16,17)/t11-/m1/s1. The normalized spacial score (nSPS) is 13.2. The lowest BCUT2D eigenvalue weighted by atomic mass is 10.00. The topological polar surface area (TPSA) is 55.1 Å². The Balaban J connectivity index is 2.64. The maximum Gasteiger partial charge on any atom is 0.222 e. The molecule has 1 amide bonds. The van der Waals surface area contributed by atoms with Crippen molar-refractivity contribution in [3.05, 3.63) is 35.4 Å². The van der Waals surface area contributed by atoms with E-state index in [9.17, 15) is 4.79 Å². The molecule has 1 atom stereocenters. The lowest BCUT2D eigenvalue weighted by molar-refractivity contribution is -0.122. The van der Waals surface area contributed by atoms with Gasteiger partial charge in [0.05, 0.1) is 6.04 Å². The second kappa shape index (κ2) is 5.32. The van der Waals surface area contributed by atoms with E-state index in [1.54, 1.807) is 0 Å². The van der Waals surface area contributed by atoms with Crippen LogP contribution in [0.25, 0.3) is 0 Å². The highest BCUT2D eigenvalue weighted by atomic mass is 16.1. The number of hydrogen-bond donors (Lipinski definition) is 2. The summed E-state index contributed by atoms with van der Waals surface area (Å²) in [4.78, 5) is 11.8. The highest BCUT2D eigenvalue weighted by Crippen LogP contribution is 2.17. The number of rotatable bonds is 4. The Labute approximate surface area is 103 Å². The predicted octanol–water partition coefficient (Wildman–Crippen LogP) is 2.30. The Bertz CT molecular complexity index is 393. The van der Waals surface area contributed by atoms with Crippen LogP contribution in [0.15, 0.2) is 24.3 Å². The predicted molar refractivity (Wildman–Crippen MR) is 70.6 cm³/mol. The Morgan fingerprint density at radius 1 is 1.41 bits per heavy atom. The number of carbonyl (C=O) groups is 1. The molecular formula is C14H22N2O. The second-order valence-electron chi connectivity index (χ2n) is 5.31. The molecule has 0 fully saturated rings. The molecule has 3 nitrogen and oxygen atoms in total. The number of benzene rings is 1. The number of carbonyl (C=O) groups excluding carboxylic acids is 1. The van der Waals surface area contributed by atoms with E-state index in [2.05, 4.69) is 5.32 Å². The van der Waals surface area contributed by atoms with Crippen LogP contribution in [-0.2, 0) is 4.79 Å². The Kier molecular flexibility index (Phi) is 4.29. The van der Waals surface area contributed by atoms with Crippen LogP contribution in [0.5, 0.6) is 0 Å². The van der Waals surface area contributed by atoms with Crippen LogP contribution < -0.4 is 11.1 Å². The maximum atomic E-state index is 11.8. The number of amides is 1. The molecule has 94 valence electrons. The van der Waals surface area contributed by atoms with Crippen LogP contribution in [0.4, 0.5) is 0 Å². The van der Waals surface area contributed by atoms with E-state index >= 15 is 0 Å². The van der Waals surface area contributed by atoms with Crippen molar-refractivity contribution < 1.29 is 4.79 Å². The first-order chi connectivity index (χ1) is 7.79. The van der Waals surface area contributed by atoms with Crippen LogP contribution in [0.2, 0.25) is 0 Å². The van der Waals surface area contributed by atoms with Gasteiger partial charge in [-0.3, -0.25) is 4.79 Å². The van der Waals surface area contributed by atoms with E-state index in [0.29, 0.717) is 6.42 Å². The third kappa shape index (κ3) is 4.57. The molecule has 0 bridgehead atoms. The number of aryl methyl sites for hydroxylation is 1. The summed E-state index contributed by atoms with van der Waals surface area (Å²) in [7, 11) is 0. The van der Waals surface area contributed by atoms with Crippen molar-refractivity contribution in [2.75, 3.05) is 0 Å². The first-order valence-electron chi connectivity index (χ1n) is 5.93. The molecule has 1 aromatic carbocycles. The summed E-state index contributed by atoms with van der Waals surface area (Å²) in [5.41, 5.74) is 7.69. The third-order valence-electron chi connectivity index (χ3n) is 2.65. The molecule has 0 saturated carbocycles. The van der Waals surface area contributed by atoms with Crippen LogP contribution in [0, 0.1) is 6.92 Å². The molecule has 0 radical (unpaired) electrons. The first-order valence-corrected chi connectivity index (χ1v) is 5.93. The largest absolute Gasteiger partial charge is 0.350 e. The summed E-state index contributed by atoms with van der Waals surface area (Å²) >= 11 is 0. The van der Waals surface area contributed by atoms with Crippen molar-refractivity contribution in [2.45, 2.75) is 45.7 Å². The third-order valence-corrected chi connectivity index (χ3v) is 2.65. The summed E-state index contributed by atoms with van der Waals surface area (Å²) < 4.78 is 0. The van der Waals surface area contributed by atoms with Gasteiger partial charge in [0.25, 0.3) is 0 Å². The minimum absolute atomic E-state index is 0.00625. The molecule has 0 unspecified atom stereocenters. The molecule has 0 aliphatic carbocycles. The van der Waals surface area contributed by atoms with Crippen LogP contribution in [0.3, 0.4) is 0 Å². The molecule has 1 rings (SSSR count). The van der Waals surface area contributed by atoms with E-state index in [-0.39, 0.29) is 11.9 Å². The zero-order chi connectivity index (χ0) is 13.1. The van der Waals surface area contributed by atoms with Gasteiger partial charge < -0.3 is 11.1 Å². The summed E-state index contributed by atoms with van der Waals surface area (Å²) in [6, 6.07) is 8.08. The highest BCUT2D eigenvalue weighted by Gasteiger charge is 2.18. The molecule has 1 aromatic rings. The van der Waals surface area contributed by atoms with Gasteiger partial charge in [-0.25, -0.2) is 0 Å². The Morgan fingerprint density at radius 2 is 2.00 bits per heavy atom. The monoisotopic (exact) mass is 234 g/mol. The van der Waals surface area contributed by atoms with E-state index in [4.69, 9.17) is 5.73 Å². The summed E-state index contributed by atoms with van der Waals surface area (Å²) in [5, 5.41) is 2.97. The highest BCUT2D eigenvalue weighted by molar-refractivity contribution is 5.77. The fourth-order valence-corrected chi connectivity index (χ4v) is 1.86. The van der Waals surface area contributed by atoms with Crippen LogP contribution >= 0.6 is 0 Å². The van der Waals surface area contributed by atoms with Gasteiger partial charge in [-0.15, -0.1) is 0 Å². The SMILES string of the molecule is Cc1ccccc1[C@@H](C)NC(=O)CC(C)(C)N. The number of nitrogens with one attached hydrogen (secondary N) is 1. The van der Waals surface area contributed by atoms with E-state index < -0.39 is 5.54 Å².